The molecule has 0 aliphatic heterocycles. The molecule has 0 bridgehead atoms. The van der Waals surface area contributed by atoms with Gasteiger partial charge in [-0.05, 0) is 47.8 Å². The number of rotatable bonds is 3. The van der Waals surface area contributed by atoms with Crippen LogP contribution in [0.3, 0.4) is 0 Å². The molecule has 0 saturated heterocycles. The maximum Gasteiger partial charge on any atom is 0.176 e. The molecule has 0 heterocycles. The van der Waals surface area contributed by atoms with Crippen molar-refractivity contribution >= 4 is 47.8 Å². The van der Waals surface area contributed by atoms with Crippen molar-refractivity contribution in [3.05, 3.63) is 101 Å². The Morgan fingerprint density at radius 1 is 0.190 bits per heavy atom. The summed E-state index contributed by atoms with van der Waals surface area (Å²) < 4.78 is 217. The predicted molar refractivity (Wildman–Crippen MR) is 125 cm³/mol. The van der Waals surface area contributed by atoms with Gasteiger partial charge in [-0.2, -0.15) is 0 Å². The minimum absolute atomic E-state index is 1.62. The molecule has 0 unspecified atom stereocenters. The smallest absolute Gasteiger partial charge is 0.176 e. The van der Waals surface area contributed by atoms with Gasteiger partial charge in [0.15, 0.2) is 69.8 Å². The van der Waals surface area contributed by atoms with E-state index in [2.05, 4.69) is 47.8 Å². The van der Waals surface area contributed by atoms with E-state index >= 15 is 13.2 Å². The Kier molecular flexibility index (Phi) is 8.49. The number of benzene rings is 4. The predicted octanol–water partition coefficient (Wildman–Crippen LogP) is 11.1. The van der Waals surface area contributed by atoms with Crippen LogP contribution >= 0.6 is 47.8 Å². The van der Waals surface area contributed by atoms with Crippen LogP contribution in [-0.2, 0) is 0 Å². The summed E-state index contributed by atoms with van der Waals surface area (Å²) in [6.45, 7) is 0. The zero-order chi connectivity index (χ0) is 31.9. The average Bonchev–Trinajstić information content (AvgIpc) is 2.95. The Morgan fingerprint density at radius 3 is 0.452 bits per heavy atom. The lowest BCUT2D eigenvalue weighted by atomic mass is 9.89. The van der Waals surface area contributed by atoms with Crippen molar-refractivity contribution in [1.82, 2.24) is 0 Å². The first kappa shape index (κ1) is 32.2. The first-order chi connectivity index (χ1) is 19.4. The van der Waals surface area contributed by atoms with E-state index in [-0.39, 0.29) is 0 Å². The fourth-order valence-electron chi connectivity index (χ4n) is 3.80. The number of hydrogen-bond donors (Lipinski definition) is 0. The molecule has 0 amide bonds. The quantitative estimate of drug-likeness (QED) is 0.110. The Balaban J connectivity index is 2.41. The van der Waals surface area contributed by atoms with Crippen molar-refractivity contribution in [2.45, 2.75) is 0 Å². The molecule has 0 aliphatic carbocycles. The maximum atomic E-state index is 15.7. The molecule has 0 N–H and O–H groups in total. The summed E-state index contributed by atoms with van der Waals surface area (Å²) in [4.78, 5) is 0. The van der Waals surface area contributed by atoms with Crippen molar-refractivity contribution < 1.29 is 65.9 Å². The highest BCUT2D eigenvalue weighted by atomic mass is 79.9. The van der Waals surface area contributed by atoms with E-state index in [1.165, 1.54) is 0 Å². The van der Waals surface area contributed by atoms with Crippen LogP contribution in [0.2, 0.25) is 0 Å². The Labute approximate surface area is 247 Å². The molecule has 0 fully saturated rings. The first-order valence-corrected chi connectivity index (χ1v) is 12.5. The molecule has 4 aromatic carbocycles. The van der Waals surface area contributed by atoms with E-state index in [1.54, 1.807) is 0 Å². The van der Waals surface area contributed by atoms with Gasteiger partial charge in [0, 0.05) is 0 Å². The summed E-state index contributed by atoms with van der Waals surface area (Å²) in [7, 11) is 0. The van der Waals surface area contributed by atoms with Gasteiger partial charge in [0.25, 0.3) is 0 Å². The van der Waals surface area contributed by atoms with Crippen LogP contribution in [0.5, 0.6) is 0 Å². The van der Waals surface area contributed by atoms with Crippen molar-refractivity contribution in [2.24, 2.45) is 0 Å². The summed E-state index contributed by atoms with van der Waals surface area (Å²) in [5, 5.41) is 0. The minimum atomic E-state index is -2.94. The summed E-state index contributed by atoms with van der Waals surface area (Å²) >= 11 is 6.21. The lowest BCUT2D eigenvalue weighted by molar-refractivity contribution is 0.443. The summed E-state index contributed by atoms with van der Waals surface area (Å²) in [6, 6.07) is 0. The van der Waals surface area contributed by atoms with Crippen molar-refractivity contribution in [1.29, 1.82) is 0 Å². The molecule has 4 rings (SSSR count). The molecule has 18 heteroatoms. The van der Waals surface area contributed by atoms with Crippen LogP contribution in [0.15, 0.2) is 13.4 Å². The zero-order valence-corrected chi connectivity index (χ0v) is 23.6. The Morgan fingerprint density at radius 2 is 0.310 bits per heavy atom. The molecule has 222 valence electrons. The molecule has 0 atom stereocenters. The van der Waals surface area contributed by atoms with Crippen LogP contribution < -0.4 is 0 Å². The first-order valence-electron chi connectivity index (χ1n) is 10.2. The largest absolute Gasteiger partial charge is 0.205 e. The maximum absolute atomic E-state index is 15.7. The average molecular weight is 813 g/mol. The van der Waals surface area contributed by atoms with Crippen LogP contribution in [0, 0.1) is 87.3 Å². The Hall–Kier alpha value is -2.73. The van der Waals surface area contributed by atoms with Gasteiger partial charge in [0.2, 0.25) is 0 Å². The molecule has 0 saturated carbocycles. The highest BCUT2D eigenvalue weighted by Gasteiger charge is 2.39. The van der Waals surface area contributed by atoms with Gasteiger partial charge in [-0.25, -0.2) is 65.9 Å². The van der Waals surface area contributed by atoms with Crippen molar-refractivity contribution in [3.8, 4) is 33.4 Å². The monoisotopic (exact) mass is 810 g/mol. The van der Waals surface area contributed by atoms with Gasteiger partial charge in [-0.15, -0.1) is 0 Å². The Bertz CT molecular complexity index is 1550. The molecular weight excluding hydrogens is 813 g/mol. The van der Waals surface area contributed by atoms with Gasteiger partial charge in [-0.1, -0.05) is 0 Å². The molecular formula is C24Br3F15. The minimum Gasteiger partial charge on any atom is -0.205 e. The van der Waals surface area contributed by atoms with Crippen LogP contribution in [0.25, 0.3) is 33.4 Å². The molecule has 4 aromatic rings. The summed E-state index contributed by atoms with van der Waals surface area (Å²) in [5.41, 5.74) is -15.2. The fraction of sp³-hybridized carbons (Fsp3) is 0. The van der Waals surface area contributed by atoms with Gasteiger partial charge < -0.3 is 0 Å². The second-order valence-corrected chi connectivity index (χ2v) is 10.3. The highest BCUT2D eigenvalue weighted by molar-refractivity contribution is 9.11. The molecule has 0 nitrogen and oxygen atoms in total. The van der Waals surface area contributed by atoms with Crippen LogP contribution in [-0.4, -0.2) is 0 Å². The second kappa shape index (κ2) is 11.1. The van der Waals surface area contributed by atoms with Gasteiger partial charge in [0.1, 0.15) is 17.5 Å². The topological polar surface area (TPSA) is 0 Å². The lowest BCUT2D eigenvalue weighted by Crippen LogP contribution is -2.12. The third kappa shape index (κ3) is 4.42. The summed E-state index contributed by atoms with van der Waals surface area (Å²) in [6.07, 6.45) is 0. The SMILES string of the molecule is Fc1c(F)c(-c2c(F)c(-c3c(F)c(F)c(Br)c(F)c3F)c(F)c(-c3c(F)c(F)c(Br)c(F)c3F)c2F)c(F)c(F)c1Br. The van der Waals surface area contributed by atoms with Crippen LogP contribution in [0.4, 0.5) is 65.9 Å². The highest BCUT2D eigenvalue weighted by Crippen LogP contribution is 2.48. The number of halogens is 18. The normalized spacial score (nSPS) is 11.6. The van der Waals surface area contributed by atoms with Gasteiger partial charge in [0.05, 0.1) is 46.8 Å². The standard InChI is InChI=1S/C24Br3F15/c25-7-19(37)13(31)4(14(32)20(7)38)1-10(28)2(5-15(33)21(39)8(26)22(40)16(5)34)12(30)3(11(1)29)6-17(35)23(41)9(27)24(42)18(6)36. The van der Waals surface area contributed by atoms with Crippen molar-refractivity contribution in [2.75, 3.05) is 0 Å². The lowest BCUT2D eigenvalue weighted by Gasteiger charge is -2.20. The molecule has 42 heavy (non-hydrogen) atoms. The van der Waals surface area contributed by atoms with Gasteiger partial charge in [-0.3, -0.25) is 0 Å². The zero-order valence-electron chi connectivity index (χ0n) is 18.8. The molecule has 0 aromatic heterocycles. The molecule has 0 radical (unpaired) electrons. The van der Waals surface area contributed by atoms with Crippen molar-refractivity contribution in [3.63, 3.8) is 0 Å². The third-order valence-corrected chi connectivity index (χ3v) is 7.79. The van der Waals surface area contributed by atoms with Crippen LogP contribution in [0.1, 0.15) is 0 Å². The van der Waals surface area contributed by atoms with E-state index in [4.69, 9.17) is 0 Å². The van der Waals surface area contributed by atoms with E-state index in [0.717, 1.165) is 0 Å². The second-order valence-electron chi connectivity index (χ2n) is 7.90. The van der Waals surface area contributed by atoms with E-state index in [1.807, 2.05) is 0 Å². The van der Waals surface area contributed by atoms with E-state index in [0.29, 0.717) is 0 Å². The molecule has 0 spiro atoms. The van der Waals surface area contributed by atoms with E-state index < -0.39 is 134 Å². The molecule has 0 aliphatic rings. The van der Waals surface area contributed by atoms with E-state index in [9.17, 15) is 52.7 Å². The van der Waals surface area contributed by atoms with Gasteiger partial charge >= 0.3 is 0 Å². The fourth-order valence-corrected chi connectivity index (χ4v) is 4.84. The summed E-state index contributed by atoms with van der Waals surface area (Å²) in [5.74, 6) is -39.6. The third-order valence-electron chi connectivity index (χ3n) is 5.70. The number of hydrogen-bond acceptors (Lipinski definition) is 0.